The summed E-state index contributed by atoms with van der Waals surface area (Å²) in [6.45, 7) is 0.220. The van der Waals surface area contributed by atoms with E-state index >= 15 is 0 Å². The van der Waals surface area contributed by atoms with Crippen molar-refractivity contribution in [1.82, 2.24) is 4.98 Å². The minimum absolute atomic E-state index is 0.0728. The molecule has 94 valence electrons. The number of nitrogens with zero attached hydrogens (tertiary/aromatic N) is 2. The van der Waals surface area contributed by atoms with Crippen molar-refractivity contribution in [1.29, 1.82) is 5.26 Å². The molecule has 0 saturated carbocycles. The fraction of sp³-hybridized carbons (Fsp3) is 0.0714. The summed E-state index contributed by atoms with van der Waals surface area (Å²) in [4.78, 5) is 14.8. The maximum atomic E-state index is 11.0. The fourth-order valence-corrected chi connectivity index (χ4v) is 1.51. The summed E-state index contributed by atoms with van der Waals surface area (Å²) in [5.41, 5.74) is 1.49. The monoisotopic (exact) mass is 254 g/mol. The summed E-state index contributed by atoms with van der Waals surface area (Å²) in [5, 5.41) is 17.7. The number of pyridine rings is 1. The third kappa shape index (κ3) is 3.07. The summed E-state index contributed by atoms with van der Waals surface area (Å²) in [6.07, 6.45) is 2.77. The van der Waals surface area contributed by atoms with Crippen LogP contribution < -0.4 is 4.74 Å². The zero-order chi connectivity index (χ0) is 13.7. The minimum Gasteiger partial charge on any atom is -0.486 e. The smallest absolute Gasteiger partial charge is 0.339 e. The molecule has 0 radical (unpaired) electrons. The molecule has 2 aromatic rings. The van der Waals surface area contributed by atoms with Gasteiger partial charge in [-0.2, -0.15) is 5.26 Å². The van der Waals surface area contributed by atoms with E-state index in [1.54, 1.807) is 24.3 Å². The molecule has 1 heterocycles. The molecule has 0 fully saturated rings. The quantitative estimate of drug-likeness (QED) is 0.904. The molecule has 0 aliphatic rings. The Hall–Kier alpha value is -2.87. The maximum absolute atomic E-state index is 11.0. The Kier molecular flexibility index (Phi) is 3.74. The predicted molar refractivity (Wildman–Crippen MR) is 66.7 cm³/mol. The first-order valence-corrected chi connectivity index (χ1v) is 5.50. The second-order valence-electron chi connectivity index (χ2n) is 3.77. The van der Waals surface area contributed by atoms with E-state index in [0.717, 1.165) is 5.56 Å². The Bertz CT molecular complexity index is 630. The third-order valence-electron chi connectivity index (χ3n) is 2.49. The second kappa shape index (κ2) is 5.65. The largest absolute Gasteiger partial charge is 0.486 e. The van der Waals surface area contributed by atoms with E-state index in [-0.39, 0.29) is 17.9 Å². The van der Waals surface area contributed by atoms with Gasteiger partial charge in [0.2, 0.25) is 0 Å². The highest BCUT2D eigenvalue weighted by molar-refractivity contribution is 5.90. The van der Waals surface area contributed by atoms with Gasteiger partial charge in [-0.25, -0.2) is 4.79 Å². The lowest BCUT2D eigenvalue weighted by atomic mass is 10.1. The number of hydrogen-bond acceptors (Lipinski definition) is 4. The molecule has 5 heteroatoms. The molecule has 19 heavy (non-hydrogen) atoms. The molecular formula is C14H10N2O3. The van der Waals surface area contributed by atoms with Crippen LogP contribution in [0.1, 0.15) is 21.5 Å². The van der Waals surface area contributed by atoms with Crippen LogP contribution in [-0.2, 0) is 6.61 Å². The Labute approximate surface area is 109 Å². The number of aromatic nitrogens is 1. The van der Waals surface area contributed by atoms with Gasteiger partial charge in [-0.3, -0.25) is 4.98 Å². The van der Waals surface area contributed by atoms with Crippen molar-refractivity contribution < 1.29 is 14.6 Å². The van der Waals surface area contributed by atoms with Gasteiger partial charge in [-0.15, -0.1) is 0 Å². The Morgan fingerprint density at radius 3 is 2.68 bits per heavy atom. The van der Waals surface area contributed by atoms with Crippen molar-refractivity contribution in [2.75, 3.05) is 0 Å². The first-order valence-electron chi connectivity index (χ1n) is 5.50. The number of benzene rings is 1. The van der Waals surface area contributed by atoms with Crippen LogP contribution in [0.3, 0.4) is 0 Å². The lowest BCUT2D eigenvalue weighted by Crippen LogP contribution is -2.03. The molecule has 0 atom stereocenters. The van der Waals surface area contributed by atoms with Crippen molar-refractivity contribution in [2.45, 2.75) is 6.61 Å². The van der Waals surface area contributed by atoms with Crippen LogP contribution in [-0.4, -0.2) is 16.1 Å². The van der Waals surface area contributed by atoms with Gasteiger partial charge in [0.25, 0.3) is 0 Å². The first-order chi connectivity index (χ1) is 9.20. The van der Waals surface area contributed by atoms with Crippen molar-refractivity contribution in [3.05, 3.63) is 59.4 Å². The van der Waals surface area contributed by atoms with Crippen molar-refractivity contribution >= 4 is 5.97 Å². The van der Waals surface area contributed by atoms with Crippen LogP contribution in [0.4, 0.5) is 0 Å². The fourth-order valence-electron chi connectivity index (χ4n) is 1.51. The van der Waals surface area contributed by atoms with Gasteiger partial charge in [0.1, 0.15) is 12.2 Å². The molecule has 0 aliphatic heterocycles. The molecule has 0 spiro atoms. The number of rotatable bonds is 4. The van der Waals surface area contributed by atoms with Crippen LogP contribution >= 0.6 is 0 Å². The molecule has 0 saturated heterocycles. The number of carboxylic acids is 1. The van der Waals surface area contributed by atoms with E-state index in [1.807, 2.05) is 6.07 Å². The number of hydrogen-bond donors (Lipinski definition) is 1. The van der Waals surface area contributed by atoms with E-state index in [9.17, 15) is 4.79 Å². The van der Waals surface area contributed by atoms with Crippen LogP contribution in [0.5, 0.6) is 5.75 Å². The molecule has 1 N–H and O–H groups in total. The maximum Gasteiger partial charge on any atom is 0.339 e. The van der Waals surface area contributed by atoms with E-state index in [4.69, 9.17) is 15.1 Å². The van der Waals surface area contributed by atoms with E-state index < -0.39 is 5.97 Å². The van der Waals surface area contributed by atoms with Gasteiger partial charge >= 0.3 is 5.97 Å². The Balaban J connectivity index is 2.10. The van der Waals surface area contributed by atoms with Gasteiger partial charge in [0.05, 0.1) is 17.8 Å². The summed E-state index contributed by atoms with van der Waals surface area (Å²) < 4.78 is 5.43. The summed E-state index contributed by atoms with van der Waals surface area (Å²) >= 11 is 0. The molecule has 2 rings (SSSR count). The van der Waals surface area contributed by atoms with Crippen LogP contribution in [0.15, 0.2) is 42.7 Å². The number of carbonyl (C=O) groups is 1. The van der Waals surface area contributed by atoms with E-state index in [2.05, 4.69) is 4.98 Å². The average molecular weight is 254 g/mol. The molecule has 1 aromatic heterocycles. The number of nitriles is 1. The normalized spacial score (nSPS) is 9.63. The molecule has 5 nitrogen and oxygen atoms in total. The lowest BCUT2D eigenvalue weighted by Gasteiger charge is -2.08. The van der Waals surface area contributed by atoms with Crippen molar-refractivity contribution in [3.63, 3.8) is 0 Å². The highest BCUT2D eigenvalue weighted by Gasteiger charge is 2.10. The van der Waals surface area contributed by atoms with E-state index in [1.165, 1.54) is 18.5 Å². The average Bonchev–Trinajstić information content (AvgIpc) is 2.46. The summed E-state index contributed by atoms with van der Waals surface area (Å²) in [5.74, 6) is -0.836. The second-order valence-corrected chi connectivity index (χ2v) is 3.77. The number of aromatic carboxylic acids is 1. The topological polar surface area (TPSA) is 83.2 Å². The predicted octanol–water partition coefficient (Wildman–Crippen LogP) is 2.23. The van der Waals surface area contributed by atoms with Gasteiger partial charge in [0.15, 0.2) is 5.75 Å². The standard InChI is InChI=1S/C14H10N2O3/c15-7-10-1-3-11(4-2-10)9-19-13-8-16-6-5-12(13)14(17)18/h1-6,8H,9H2,(H,17,18). The van der Waals surface area contributed by atoms with Crippen molar-refractivity contribution in [2.24, 2.45) is 0 Å². The van der Waals surface area contributed by atoms with Crippen molar-refractivity contribution in [3.8, 4) is 11.8 Å². The van der Waals surface area contributed by atoms with Gasteiger partial charge in [-0.1, -0.05) is 12.1 Å². The third-order valence-corrected chi connectivity index (χ3v) is 2.49. The molecule has 0 aliphatic carbocycles. The van der Waals surface area contributed by atoms with Crippen LogP contribution in [0.25, 0.3) is 0 Å². The molecule has 0 bridgehead atoms. The highest BCUT2D eigenvalue weighted by Crippen LogP contribution is 2.18. The number of ether oxygens (including phenoxy) is 1. The summed E-state index contributed by atoms with van der Waals surface area (Å²) in [6, 6.07) is 10.3. The summed E-state index contributed by atoms with van der Waals surface area (Å²) in [7, 11) is 0. The van der Waals surface area contributed by atoms with Gasteiger partial charge < -0.3 is 9.84 Å². The SMILES string of the molecule is N#Cc1ccc(COc2cnccc2C(=O)O)cc1. The Morgan fingerprint density at radius 2 is 2.05 bits per heavy atom. The first kappa shape index (κ1) is 12.6. The minimum atomic E-state index is -1.06. The molecule has 0 unspecified atom stereocenters. The molecule has 0 amide bonds. The highest BCUT2D eigenvalue weighted by atomic mass is 16.5. The molecular weight excluding hydrogens is 244 g/mol. The van der Waals surface area contributed by atoms with E-state index in [0.29, 0.717) is 5.56 Å². The van der Waals surface area contributed by atoms with Crippen LogP contribution in [0, 0.1) is 11.3 Å². The zero-order valence-corrected chi connectivity index (χ0v) is 9.91. The molecule has 1 aromatic carbocycles. The van der Waals surface area contributed by atoms with Crippen LogP contribution in [0.2, 0.25) is 0 Å². The lowest BCUT2D eigenvalue weighted by molar-refractivity contribution is 0.0691. The Morgan fingerprint density at radius 1 is 1.32 bits per heavy atom. The van der Waals surface area contributed by atoms with Gasteiger partial charge in [-0.05, 0) is 23.8 Å². The van der Waals surface area contributed by atoms with Gasteiger partial charge in [0, 0.05) is 6.20 Å². The zero-order valence-electron chi connectivity index (χ0n) is 9.91. The number of carboxylic acid groups (broad SMARTS) is 1.